The molecular formula is C11H16BrN3O. The summed E-state index contributed by atoms with van der Waals surface area (Å²) in [5.74, 6) is 0.988. The number of halogens is 1. The molecule has 88 valence electrons. The largest absolute Gasteiger partial charge is 0.373 e. The number of ether oxygens (including phenoxy) is 1. The highest BCUT2D eigenvalue weighted by atomic mass is 79.9. The van der Waals surface area contributed by atoms with Crippen molar-refractivity contribution in [1.29, 1.82) is 0 Å². The van der Waals surface area contributed by atoms with E-state index < -0.39 is 0 Å². The summed E-state index contributed by atoms with van der Waals surface area (Å²) < 4.78 is 6.60. The lowest BCUT2D eigenvalue weighted by atomic mass is 10.2. The summed E-state index contributed by atoms with van der Waals surface area (Å²) in [4.78, 5) is 6.63. The number of aromatic nitrogens is 1. The van der Waals surface area contributed by atoms with Gasteiger partial charge in [0.05, 0.1) is 17.2 Å². The first kappa shape index (κ1) is 11.8. The van der Waals surface area contributed by atoms with Gasteiger partial charge in [-0.05, 0) is 34.5 Å². The number of anilines is 1. The number of hydrogen-bond donors (Lipinski definition) is 1. The highest BCUT2D eigenvalue weighted by molar-refractivity contribution is 9.10. The first-order valence-corrected chi connectivity index (χ1v) is 6.19. The van der Waals surface area contributed by atoms with Crippen LogP contribution < -0.4 is 10.6 Å². The van der Waals surface area contributed by atoms with E-state index in [-0.39, 0.29) is 6.10 Å². The van der Waals surface area contributed by atoms with Crippen LogP contribution in [-0.2, 0) is 4.74 Å². The van der Waals surface area contributed by atoms with Crippen molar-refractivity contribution in [1.82, 2.24) is 4.98 Å². The van der Waals surface area contributed by atoms with Crippen LogP contribution in [0.25, 0.3) is 0 Å². The smallest absolute Gasteiger partial charge is 0.143 e. The van der Waals surface area contributed by atoms with Crippen LogP contribution >= 0.6 is 15.9 Å². The van der Waals surface area contributed by atoms with Gasteiger partial charge in [-0.15, -0.1) is 0 Å². The van der Waals surface area contributed by atoms with Crippen molar-refractivity contribution in [2.75, 3.05) is 31.1 Å². The van der Waals surface area contributed by atoms with Gasteiger partial charge in [-0.1, -0.05) is 0 Å². The van der Waals surface area contributed by atoms with Crippen LogP contribution in [0.5, 0.6) is 0 Å². The molecule has 0 radical (unpaired) electrons. The number of pyridine rings is 1. The van der Waals surface area contributed by atoms with Crippen molar-refractivity contribution in [2.24, 2.45) is 5.73 Å². The van der Waals surface area contributed by atoms with E-state index in [1.54, 1.807) is 0 Å². The average Bonchev–Trinajstić information content (AvgIpc) is 2.33. The van der Waals surface area contributed by atoms with Gasteiger partial charge in [0.2, 0.25) is 0 Å². The molecule has 1 aromatic heterocycles. The van der Waals surface area contributed by atoms with E-state index in [4.69, 9.17) is 10.5 Å². The summed E-state index contributed by atoms with van der Waals surface area (Å²) in [6, 6.07) is 1.99. The average molecular weight is 286 g/mol. The standard InChI is InChI=1S/C11H16BrN3O/c1-8-2-3-14-11(10(8)12)15-4-5-16-9(6-13)7-15/h2-3,9H,4-7,13H2,1H3. The van der Waals surface area contributed by atoms with Crippen LogP contribution in [-0.4, -0.2) is 37.3 Å². The Morgan fingerprint density at radius 2 is 2.50 bits per heavy atom. The second-order valence-electron chi connectivity index (χ2n) is 3.94. The van der Waals surface area contributed by atoms with Crippen molar-refractivity contribution in [2.45, 2.75) is 13.0 Å². The molecular weight excluding hydrogens is 270 g/mol. The maximum atomic E-state index is 5.63. The maximum Gasteiger partial charge on any atom is 0.143 e. The highest BCUT2D eigenvalue weighted by Gasteiger charge is 2.22. The number of morpholine rings is 1. The van der Waals surface area contributed by atoms with Crippen molar-refractivity contribution >= 4 is 21.7 Å². The number of hydrogen-bond acceptors (Lipinski definition) is 4. The Balaban J connectivity index is 2.20. The van der Waals surface area contributed by atoms with Crippen LogP contribution in [0.1, 0.15) is 5.56 Å². The second kappa shape index (κ2) is 5.12. The van der Waals surface area contributed by atoms with Crippen molar-refractivity contribution in [3.8, 4) is 0 Å². The zero-order chi connectivity index (χ0) is 11.5. The van der Waals surface area contributed by atoms with E-state index in [0.29, 0.717) is 13.2 Å². The zero-order valence-electron chi connectivity index (χ0n) is 9.32. The molecule has 1 aliphatic rings. The fraction of sp³-hybridized carbons (Fsp3) is 0.545. The summed E-state index contributed by atoms with van der Waals surface area (Å²) in [7, 11) is 0. The number of aryl methyl sites for hydroxylation is 1. The molecule has 2 N–H and O–H groups in total. The van der Waals surface area contributed by atoms with E-state index in [1.165, 1.54) is 5.56 Å². The minimum Gasteiger partial charge on any atom is -0.373 e. The predicted molar refractivity (Wildman–Crippen MR) is 67.7 cm³/mol. The SMILES string of the molecule is Cc1ccnc(N2CCOC(CN)C2)c1Br. The van der Waals surface area contributed by atoms with Gasteiger partial charge in [0.1, 0.15) is 5.82 Å². The number of rotatable bonds is 2. The van der Waals surface area contributed by atoms with E-state index in [9.17, 15) is 0 Å². The topological polar surface area (TPSA) is 51.4 Å². The third-order valence-electron chi connectivity index (χ3n) is 2.77. The monoisotopic (exact) mass is 285 g/mol. The molecule has 16 heavy (non-hydrogen) atoms. The molecule has 0 spiro atoms. The Hall–Kier alpha value is -0.650. The normalized spacial score (nSPS) is 21.2. The maximum absolute atomic E-state index is 5.63. The summed E-state index contributed by atoms with van der Waals surface area (Å²) in [6.07, 6.45) is 1.95. The molecule has 0 saturated carbocycles. The van der Waals surface area contributed by atoms with E-state index >= 15 is 0 Å². The van der Waals surface area contributed by atoms with Gasteiger partial charge in [0, 0.05) is 25.8 Å². The van der Waals surface area contributed by atoms with E-state index in [2.05, 4.69) is 32.7 Å². The third kappa shape index (κ3) is 2.36. The minimum atomic E-state index is 0.114. The van der Waals surface area contributed by atoms with E-state index in [1.807, 2.05) is 12.3 Å². The Kier molecular flexibility index (Phi) is 3.78. The molecule has 0 aromatic carbocycles. The van der Waals surface area contributed by atoms with Gasteiger partial charge in [-0.25, -0.2) is 4.98 Å². The summed E-state index contributed by atoms with van der Waals surface area (Å²) in [5, 5.41) is 0. The first-order valence-electron chi connectivity index (χ1n) is 5.40. The number of nitrogens with two attached hydrogens (primary N) is 1. The molecule has 2 heterocycles. The molecule has 1 aromatic rings. The van der Waals surface area contributed by atoms with Crippen LogP contribution in [0.2, 0.25) is 0 Å². The lowest BCUT2D eigenvalue weighted by Gasteiger charge is -2.33. The van der Waals surface area contributed by atoms with Gasteiger partial charge in [-0.2, -0.15) is 0 Å². The minimum absolute atomic E-state index is 0.114. The highest BCUT2D eigenvalue weighted by Crippen LogP contribution is 2.27. The Bertz CT molecular complexity index is 372. The quantitative estimate of drug-likeness (QED) is 0.891. The Morgan fingerprint density at radius 1 is 1.69 bits per heavy atom. The van der Waals surface area contributed by atoms with Crippen LogP contribution in [0.3, 0.4) is 0 Å². The molecule has 1 saturated heterocycles. The molecule has 2 rings (SSSR count). The van der Waals surface area contributed by atoms with Gasteiger partial charge >= 0.3 is 0 Å². The van der Waals surface area contributed by atoms with Crippen LogP contribution in [0, 0.1) is 6.92 Å². The summed E-state index contributed by atoms with van der Waals surface area (Å²) >= 11 is 3.58. The van der Waals surface area contributed by atoms with Gasteiger partial charge < -0.3 is 15.4 Å². The molecule has 1 fully saturated rings. The Labute approximate surface area is 104 Å². The lowest BCUT2D eigenvalue weighted by Crippen LogP contribution is -2.46. The molecule has 1 unspecified atom stereocenters. The molecule has 0 amide bonds. The van der Waals surface area contributed by atoms with E-state index in [0.717, 1.165) is 23.4 Å². The first-order chi connectivity index (χ1) is 7.72. The second-order valence-corrected chi connectivity index (χ2v) is 4.73. The van der Waals surface area contributed by atoms with Crippen molar-refractivity contribution < 1.29 is 4.74 Å². The molecule has 5 heteroatoms. The third-order valence-corrected chi connectivity index (χ3v) is 3.75. The predicted octanol–water partition coefficient (Wildman–Crippen LogP) is 1.32. The van der Waals surface area contributed by atoms with Crippen LogP contribution in [0.4, 0.5) is 5.82 Å². The van der Waals surface area contributed by atoms with Gasteiger partial charge in [-0.3, -0.25) is 0 Å². The Morgan fingerprint density at radius 3 is 3.25 bits per heavy atom. The molecule has 1 aliphatic heterocycles. The molecule has 4 nitrogen and oxygen atoms in total. The molecule has 0 bridgehead atoms. The molecule has 1 atom stereocenters. The molecule has 0 aliphatic carbocycles. The summed E-state index contributed by atoms with van der Waals surface area (Å²) in [5.41, 5.74) is 6.82. The van der Waals surface area contributed by atoms with Crippen LogP contribution in [0.15, 0.2) is 16.7 Å². The van der Waals surface area contributed by atoms with Gasteiger partial charge in [0.25, 0.3) is 0 Å². The fourth-order valence-corrected chi connectivity index (χ4v) is 2.29. The number of nitrogens with zero attached hydrogens (tertiary/aromatic N) is 2. The van der Waals surface area contributed by atoms with Crippen molar-refractivity contribution in [3.63, 3.8) is 0 Å². The fourth-order valence-electron chi connectivity index (χ4n) is 1.80. The van der Waals surface area contributed by atoms with Crippen molar-refractivity contribution in [3.05, 3.63) is 22.3 Å². The van der Waals surface area contributed by atoms with Gasteiger partial charge in [0.15, 0.2) is 0 Å². The lowest BCUT2D eigenvalue weighted by molar-refractivity contribution is 0.0462. The summed E-state index contributed by atoms with van der Waals surface area (Å²) in [6.45, 7) is 5.01. The zero-order valence-corrected chi connectivity index (χ0v) is 10.9.